The molecule has 0 unspecified atom stereocenters. The fourth-order valence-electron chi connectivity index (χ4n) is 2.40. The van der Waals surface area contributed by atoms with Crippen LogP contribution in [-0.2, 0) is 9.53 Å². The Bertz CT molecular complexity index is 900. The Morgan fingerprint density at radius 1 is 1.30 bits per heavy atom. The average molecular weight is 313 g/mol. The van der Waals surface area contributed by atoms with Gasteiger partial charge in [-0.05, 0) is 18.6 Å². The first-order chi connectivity index (χ1) is 11.2. The highest BCUT2D eigenvalue weighted by Crippen LogP contribution is 2.14. The van der Waals surface area contributed by atoms with Gasteiger partial charge in [-0.1, -0.05) is 30.3 Å². The Labute approximate surface area is 131 Å². The molecular formula is C15H15N5O3. The van der Waals surface area contributed by atoms with Gasteiger partial charge in [0, 0.05) is 0 Å². The molecule has 0 aliphatic carbocycles. The van der Waals surface area contributed by atoms with Crippen LogP contribution < -0.4 is 5.56 Å². The fraction of sp³-hybridized carbons (Fsp3) is 0.267. The summed E-state index contributed by atoms with van der Waals surface area (Å²) >= 11 is 0. The Kier molecular flexibility index (Phi) is 3.88. The quantitative estimate of drug-likeness (QED) is 0.670. The molecule has 118 valence electrons. The summed E-state index contributed by atoms with van der Waals surface area (Å²) in [6, 6.07) is 8.54. The molecule has 0 amide bonds. The van der Waals surface area contributed by atoms with Crippen LogP contribution in [0.5, 0.6) is 0 Å². The van der Waals surface area contributed by atoms with Crippen molar-refractivity contribution in [3.8, 4) is 5.69 Å². The summed E-state index contributed by atoms with van der Waals surface area (Å²) in [6.07, 6.45) is 1.74. The topological polar surface area (TPSA) is 91.9 Å². The number of nitrogens with zero attached hydrogens (tertiary/aromatic N) is 5. The number of rotatable bonds is 4. The molecule has 2 aromatic heterocycles. The molecule has 8 heteroatoms. The summed E-state index contributed by atoms with van der Waals surface area (Å²) in [5, 5.41) is 7.91. The Morgan fingerprint density at radius 2 is 2.04 bits per heavy atom. The summed E-state index contributed by atoms with van der Waals surface area (Å²) in [4.78, 5) is 28.7. The Hall–Kier alpha value is -3.03. The molecular weight excluding hydrogens is 298 g/mol. The second-order valence-electron chi connectivity index (χ2n) is 4.91. The lowest BCUT2D eigenvalue weighted by molar-refractivity contribution is -0.144. The molecule has 0 saturated heterocycles. The van der Waals surface area contributed by atoms with Crippen LogP contribution in [-0.4, -0.2) is 37.6 Å². The van der Waals surface area contributed by atoms with E-state index in [1.54, 1.807) is 6.92 Å². The van der Waals surface area contributed by atoms with Gasteiger partial charge < -0.3 is 4.74 Å². The highest BCUT2D eigenvalue weighted by molar-refractivity contribution is 5.75. The SMILES string of the molecule is CC[C@@H](C(=O)OC)n1cnc2c(nnn2-c2ccccc2)c1=O. The Morgan fingerprint density at radius 3 is 2.70 bits per heavy atom. The molecule has 0 N–H and O–H groups in total. The van der Waals surface area contributed by atoms with E-state index in [9.17, 15) is 9.59 Å². The number of carbonyl (C=O) groups excluding carboxylic acids is 1. The summed E-state index contributed by atoms with van der Waals surface area (Å²) in [5.74, 6) is -0.494. The zero-order valence-electron chi connectivity index (χ0n) is 12.7. The van der Waals surface area contributed by atoms with Crippen LogP contribution in [0.1, 0.15) is 19.4 Å². The highest BCUT2D eigenvalue weighted by atomic mass is 16.5. The molecule has 1 atom stereocenters. The number of hydrogen-bond acceptors (Lipinski definition) is 6. The first-order valence-corrected chi connectivity index (χ1v) is 7.13. The van der Waals surface area contributed by atoms with Crippen LogP contribution >= 0.6 is 0 Å². The summed E-state index contributed by atoms with van der Waals surface area (Å²) in [5.41, 5.74) is 0.782. The van der Waals surface area contributed by atoms with Crippen molar-refractivity contribution in [2.45, 2.75) is 19.4 Å². The van der Waals surface area contributed by atoms with E-state index >= 15 is 0 Å². The molecule has 0 spiro atoms. The lowest BCUT2D eigenvalue weighted by Gasteiger charge is -2.14. The van der Waals surface area contributed by atoms with E-state index in [1.165, 1.54) is 22.7 Å². The number of fused-ring (bicyclic) bond motifs is 1. The monoisotopic (exact) mass is 313 g/mol. The van der Waals surface area contributed by atoms with Gasteiger partial charge in [0.15, 0.2) is 11.2 Å². The predicted octanol–water partition coefficient (Wildman–Crippen LogP) is 1.10. The van der Waals surface area contributed by atoms with Crippen molar-refractivity contribution in [3.05, 3.63) is 47.0 Å². The largest absolute Gasteiger partial charge is 0.467 e. The molecule has 2 heterocycles. The van der Waals surface area contributed by atoms with Crippen LogP contribution in [0.2, 0.25) is 0 Å². The van der Waals surface area contributed by atoms with Gasteiger partial charge in [-0.2, -0.15) is 4.68 Å². The second kappa shape index (κ2) is 5.99. The molecule has 0 aliphatic rings. The van der Waals surface area contributed by atoms with E-state index in [2.05, 4.69) is 15.3 Å². The van der Waals surface area contributed by atoms with E-state index in [0.717, 1.165) is 5.69 Å². The summed E-state index contributed by atoms with van der Waals surface area (Å²) in [7, 11) is 1.29. The normalized spacial score (nSPS) is 12.3. The predicted molar refractivity (Wildman–Crippen MR) is 82.3 cm³/mol. The highest BCUT2D eigenvalue weighted by Gasteiger charge is 2.23. The van der Waals surface area contributed by atoms with Crippen molar-refractivity contribution in [1.29, 1.82) is 0 Å². The van der Waals surface area contributed by atoms with Crippen molar-refractivity contribution in [2.75, 3.05) is 7.11 Å². The average Bonchev–Trinajstić information content (AvgIpc) is 3.03. The van der Waals surface area contributed by atoms with E-state index in [-0.39, 0.29) is 5.52 Å². The van der Waals surface area contributed by atoms with Gasteiger partial charge in [0.05, 0.1) is 12.8 Å². The summed E-state index contributed by atoms with van der Waals surface area (Å²) < 4.78 is 7.45. The maximum atomic E-state index is 12.6. The van der Waals surface area contributed by atoms with Crippen molar-refractivity contribution in [2.24, 2.45) is 0 Å². The third-order valence-electron chi connectivity index (χ3n) is 3.58. The number of hydrogen-bond donors (Lipinski definition) is 0. The minimum absolute atomic E-state index is 0.110. The number of methoxy groups -OCH3 is 1. The maximum Gasteiger partial charge on any atom is 0.329 e. The van der Waals surface area contributed by atoms with Crippen molar-refractivity contribution in [1.82, 2.24) is 24.5 Å². The third kappa shape index (κ3) is 2.48. The lowest BCUT2D eigenvalue weighted by Crippen LogP contribution is -2.30. The van der Waals surface area contributed by atoms with E-state index in [1.807, 2.05) is 30.3 Å². The van der Waals surface area contributed by atoms with Gasteiger partial charge in [0.1, 0.15) is 12.4 Å². The molecule has 1 aromatic carbocycles. The minimum atomic E-state index is -0.730. The van der Waals surface area contributed by atoms with Gasteiger partial charge in [0.25, 0.3) is 5.56 Å². The number of aromatic nitrogens is 5. The summed E-state index contributed by atoms with van der Waals surface area (Å²) in [6.45, 7) is 1.79. The minimum Gasteiger partial charge on any atom is -0.467 e. The standard InChI is InChI=1S/C15H15N5O3/c1-3-11(15(22)23-2)19-9-16-13-12(14(19)21)17-18-20(13)10-7-5-4-6-8-10/h4-9,11H,3H2,1-2H3/t11-/m0/s1. The van der Waals surface area contributed by atoms with Crippen LogP contribution in [0, 0.1) is 0 Å². The van der Waals surface area contributed by atoms with E-state index in [0.29, 0.717) is 12.1 Å². The number of benzene rings is 1. The van der Waals surface area contributed by atoms with Crippen molar-refractivity contribution in [3.63, 3.8) is 0 Å². The zero-order valence-corrected chi connectivity index (χ0v) is 12.7. The maximum absolute atomic E-state index is 12.6. The molecule has 0 aliphatic heterocycles. The smallest absolute Gasteiger partial charge is 0.329 e. The van der Waals surface area contributed by atoms with Gasteiger partial charge in [0.2, 0.25) is 0 Å². The van der Waals surface area contributed by atoms with Gasteiger partial charge in [-0.15, -0.1) is 5.10 Å². The van der Waals surface area contributed by atoms with Crippen LogP contribution in [0.25, 0.3) is 16.9 Å². The first kappa shape index (κ1) is 14.9. The van der Waals surface area contributed by atoms with Crippen LogP contribution in [0.15, 0.2) is 41.5 Å². The molecule has 3 rings (SSSR count). The fourth-order valence-corrected chi connectivity index (χ4v) is 2.40. The van der Waals surface area contributed by atoms with Crippen LogP contribution in [0.3, 0.4) is 0 Å². The first-order valence-electron chi connectivity index (χ1n) is 7.13. The molecule has 3 aromatic rings. The number of ether oxygens (including phenoxy) is 1. The van der Waals surface area contributed by atoms with Crippen molar-refractivity contribution >= 4 is 17.1 Å². The molecule has 8 nitrogen and oxygen atoms in total. The molecule has 0 fully saturated rings. The zero-order chi connectivity index (χ0) is 16.4. The molecule has 23 heavy (non-hydrogen) atoms. The number of carbonyl (C=O) groups is 1. The van der Waals surface area contributed by atoms with Gasteiger partial charge in [-0.3, -0.25) is 9.36 Å². The van der Waals surface area contributed by atoms with E-state index < -0.39 is 17.6 Å². The molecule has 0 bridgehead atoms. The molecule has 0 saturated carbocycles. The van der Waals surface area contributed by atoms with Gasteiger partial charge >= 0.3 is 5.97 Å². The number of para-hydroxylation sites is 1. The second-order valence-corrected chi connectivity index (χ2v) is 4.91. The van der Waals surface area contributed by atoms with Crippen molar-refractivity contribution < 1.29 is 9.53 Å². The third-order valence-corrected chi connectivity index (χ3v) is 3.58. The van der Waals surface area contributed by atoms with Crippen LogP contribution in [0.4, 0.5) is 0 Å². The molecule has 0 radical (unpaired) electrons. The van der Waals surface area contributed by atoms with E-state index in [4.69, 9.17) is 4.74 Å². The van der Waals surface area contributed by atoms with Gasteiger partial charge in [-0.25, -0.2) is 9.78 Å². The lowest BCUT2D eigenvalue weighted by atomic mass is 10.2. The Balaban J connectivity index is 2.15. The number of esters is 1.